The lowest BCUT2D eigenvalue weighted by molar-refractivity contribution is 0.431. The van der Waals surface area contributed by atoms with E-state index in [2.05, 4.69) is 0 Å². The molecule has 0 bridgehead atoms. The third-order valence-corrected chi connectivity index (χ3v) is 2.74. The second-order valence-electron chi connectivity index (χ2n) is 2.84. The molecule has 72 valence electrons. The molecule has 0 radical (unpaired) electrons. The Labute approximate surface area is 84.5 Å². The Bertz CT molecular complexity index is 425. The molecule has 3 N–H and O–H groups in total. The highest BCUT2D eigenvalue weighted by Gasteiger charge is 2.12. The summed E-state index contributed by atoms with van der Waals surface area (Å²) < 4.78 is 0. The summed E-state index contributed by atoms with van der Waals surface area (Å²) in [5.41, 5.74) is 0.359. The van der Waals surface area contributed by atoms with Gasteiger partial charge in [0.1, 0.15) is 17.2 Å². The zero-order valence-corrected chi connectivity index (χ0v) is 7.95. The van der Waals surface area contributed by atoms with Crippen molar-refractivity contribution in [3.63, 3.8) is 0 Å². The van der Waals surface area contributed by atoms with Gasteiger partial charge in [-0.15, -0.1) is 11.3 Å². The quantitative estimate of drug-likeness (QED) is 0.674. The van der Waals surface area contributed by atoms with Crippen LogP contribution in [0, 0.1) is 0 Å². The summed E-state index contributed by atoms with van der Waals surface area (Å²) in [4.78, 5) is 0.764. The van der Waals surface area contributed by atoms with Gasteiger partial charge in [0.05, 0.1) is 5.56 Å². The Kier molecular flexibility index (Phi) is 2.05. The predicted molar refractivity (Wildman–Crippen MR) is 54.7 cm³/mol. The van der Waals surface area contributed by atoms with E-state index in [1.54, 1.807) is 6.07 Å². The van der Waals surface area contributed by atoms with Gasteiger partial charge in [0, 0.05) is 17.0 Å². The van der Waals surface area contributed by atoms with E-state index in [-0.39, 0.29) is 17.2 Å². The number of thiophene rings is 1. The molecule has 14 heavy (non-hydrogen) atoms. The number of hydrogen-bond acceptors (Lipinski definition) is 4. The van der Waals surface area contributed by atoms with Crippen LogP contribution in [-0.2, 0) is 0 Å². The van der Waals surface area contributed by atoms with Crippen LogP contribution in [0.1, 0.15) is 0 Å². The summed E-state index contributed by atoms with van der Waals surface area (Å²) in [6.45, 7) is 0. The minimum absolute atomic E-state index is 0.120. The van der Waals surface area contributed by atoms with Gasteiger partial charge in [-0.25, -0.2) is 0 Å². The van der Waals surface area contributed by atoms with Crippen molar-refractivity contribution < 1.29 is 15.3 Å². The van der Waals surface area contributed by atoms with E-state index < -0.39 is 0 Å². The molecule has 0 fully saturated rings. The lowest BCUT2D eigenvalue weighted by Crippen LogP contribution is -1.77. The first-order valence-electron chi connectivity index (χ1n) is 3.97. The van der Waals surface area contributed by atoms with Crippen molar-refractivity contribution in [1.82, 2.24) is 0 Å². The maximum Gasteiger partial charge on any atom is 0.131 e. The number of phenols is 3. The van der Waals surface area contributed by atoms with Crippen LogP contribution in [0.2, 0.25) is 0 Å². The van der Waals surface area contributed by atoms with Crippen molar-refractivity contribution in [2.24, 2.45) is 0 Å². The largest absolute Gasteiger partial charge is 0.508 e. The topological polar surface area (TPSA) is 60.7 Å². The standard InChI is InChI=1S/C10H8O3S/c11-6-4-7(12)10(8(13)5-6)9-2-1-3-14-9/h1-5,11-13H. The smallest absolute Gasteiger partial charge is 0.131 e. The van der Waals surface area contributed by atoms with Crippen LogP contribution < -0.4 is 0 Å². The number of benzene rings is 1. The first-order valence-corrected chi connectivity index (χ1v) is 4.85. The SMILES string of the molecule is Oc1cc(O)c(-c2cccs2)c(O)c1. The number of hydrogen-bond donors (Lipinski definition) is 3. The fraction of sp³-hybridized carbons (Fsp3) is 0. The monoisotopic (exact) mass is 208 g/mol. The molecular weight excluding hydrogens is 200 g/mol. The zero-order chi connectivity index (χ0) is 10.1. The van der Waals surface area contributed by atoms with Crippen LogP contribution in [0.15, 0.2) is 29.6 Å². The molecule has 0 atom stereocenters. The normalized spacial score (nSPS) is 10.3. The molecule has 0 aliphatic carbocycles. The molecule has 0 saturated carbocycles. The van der Waals surface area contributed by atoms with E-state index in [1.807, 2.05) is 11.4 Å². The maximum atomic E-state index is 9.53. The van der Waals surface area contributed by atoms with Crippen molar-refractivity contribution >= 4 is 11.3 Å². The Hall–Kier alpha value is -1.68. The van der Waals surface area contributed by atoms with Gasteiger partial charge in [0.2, 0.25) is 0 Å². The minimum atomic E-state index is -0.152. The Balaban J connectivity index is 2.64. The number of phenolic OH excluding ortho intramolecular Hbond substituents is 3. The van der Waals surface area contributed by atoms with Crippen LogP contribution in [0.3, 0.4) is 0 Å². The molecule has 1 aromatic heterocycles. The van der Waals surface area contributed by atoms with Crippen LogP contribution in [0.5, 0.6) is 17.2 Å². The first-order chi connectivity index (χ1) is 6.68. The zero-order valence-electron chi connectivity index (χ0n) is 7.14. The number of aromatic hydroxyl groups is 3. The summed E-state index contributed by atoms with van der Waals surface area (Å²) in [7, 11) is 0. The second-order valence-corrected chi connectivity index (χ2v) is 3.78. The molecule has 0 amide bonds. The van der Waals surface area contributed by atoms with Crippen molar-refractivity contribution in [3.05, 3.63) is 29.6 Å². The molecule has 2 aromatic rings. The minimum Gasteiger partial charge on any atom is -0.508 e. The summed E-state index contributed by atoms with van der Waals surface area (Å²) >= 11 is 1.41. The van der Waals surface area contributed by atoms with Gasteiger partial charge in [-0.1, -0.05) is 6.07 Å². The molecule has 0 aliphatic heterocycles. The van der Waals surface area contributed by atoms with E-state index in [9.17, 15) is 10.2 Å². The van der Waals surface area contributed by atoms with E-state index in [0.29, 0.717) is 5.56 Å². The molecule has 0 saturated heterocycles. The fourth-order valence-corrected chi connectivity index (χ4v) is 2.06. The van der Waals surface area contributed by atoms with E-state index in [0.717, 1.165) is 4.88 Å². The summed E-state index contributed by atoms with van der Waals surface area (Å²) in [5, 5.41) is 30.0. The lowest BCUT2D eigenvalue weighted by atomic mass is 10.1. The van der Waals surface area contributed by atoms with Crippen molar-refractivity contribution in [2.75, 3.05) is 0 Å². The molecule has 0 spiro atoms. The average molecular weight is 208 g/mol. The molecule has 2 rings (SSSR count). The van der Waals surface area contributed by atoms with Crippen LogP contribution in [-0.4, -0.2) is 15.3 Å². The van der Waals surface area contributed by atoms with E-state index in [4.69, 9.17) is 5.11 Å². The van der Waals surface area contributed by atoms with E-state index in [1.165, 1.54) is 23.5 Å². The van der Waals surface area contributed by atoms with Crippen molar-refractivity contribution in [1.29, 1.82) is 0 Å². The Morgan fingerprint density at radius 3 is 2.14 bits per heavy atom. The molecular formula is C10H8O3S. The molecule has 1 heterocycles. The molecule has 0 aliphatic rings. The highest BCUT2D eigenvalue weighted by Crippen LogP contribution is 2.41. The van der Waals surface area contributed by atoms with Gasteiger partial charge < -0.3 is 15.3 Å². The average Bonchev–Trinajstić information content (AvgIpc) is 2.54. The van der Waals surface area contributed by atoms with Crippen LogP contribution >= 0.6 is 11.3 Å². The molecule has 0 unspecified atom stereocenters. The second kappa shape index (κ2) is 3.23. The predicted octanol–water partition coefficient (Wildman–Crippen LogP) is 2.53. The van der Waals surface area contributed by atoms with Gasteiger partial charge in [-0.3, -0.25) is 0 Å². The number of rotatable bonds is 1. The summed E-state index contributed by atoms with van der Waals surface area (Å²) in [6.07, 6.45) is 0. The van der Waals surface area contributed by atoms with Crippen molar-refractivity contribution in [2.45, 2.75) is 0 Å². The lowest BCUT2D eigenvalue weighted by Gasteiger charge is -2.05. The molecule has 1 aromatic carbocycles. The Morgan fingerprint density at radius 2 is 1.64 bits per heavy atom. The molecule has 3 nitrogen and oxygen atoms in total. The molecule has 4 heteroatoms. The van der Waals surface area contributed by atoms with E-state index >= 15 is 0 Å². The van der Waals surface area contributed by atoms with Crippen LogP contribution in [0.4, 0.5) is 0 Å². The van der Waals surface area contributed by atoms with Gasteiger partial charge in [-0.2, -0.15) is 0 Å². The van der Waals surface area contributed by atoms with Gasteiger partial charge in [-0.05, 0) is 11.4 Å². The Morgan fingerprint density at radius 1 is 1.00 bits per heavy atom. The fourth-order valence-electron chi connectivity index (χ4n) is 1.27. The van der Waals surface area contributed by atoms with Crippen molar-refractivity contribution in [3.8, 4) is 27.7 Å². The summed E-state index contributed by atoms with van der Waals surface area (Å²) in [5.74, 6) is -0.393. The van der Waals surface area contributed by atoms with Gasteiger partial charge >= 0.3 is 0 Å². The highest BCUT2D eigenvalue weighted by molar-refractivity contribution is 7.13. The maximum absolute atomic E-state index is 9.53. The first kappa shape index (κ1) is 8.90. The van der Waals surface area contributed by atoms with Crippen LogP contribution in [0.25, 0.3) is 10.4 Å². The van der Waals surface area contributed by atoms with Gasteiger partial charge in [0.25, 0.3) is 0 Å². The van der Waals surface area contributed by atoms with Gasteiger partial charge in [0.15, 0.2) is 0 Å². The third-order valence-electron chi connectivity index (χ3n) is 1.85. The summed E-state index contributed by atoms with van der Waals surface area (Å²) in [6, 6.07) is 6.02. The third kappa shape index (κ3) is 1.40. The highest BCUT2D eigenvalue weighted by atomic mass is 32.1.